The SMILES string of the molecule is Fc1ccc(-c2noc([C@H]3CNCCO3)n2)cc1F. The van der Waals surface area contributed by atoms with E-state index in [-0.39, 0.29) is 11.9 Å². The second-order valence-corrected chi connectivity index (χ2v) is 4.15. The molecule has 1 saturated heterocycles. The van der Waals surface area contributed by atoms with Crippen LogP contribution in [-0.4, -0.2) is 29.8 Å². The molecule has 0 amide bonds. The molecule has 5 nitrogen and oxygen atoms in total. The van der Waals surface area contributed by atoms with Gasteiger partial charge in [0, 0.05) is 18.7 Å². The number of hydrogen-bond donors (Lipinski definition) is 1. The van der Waals surface area contributed by atoms with Crippen LogP contribution in [0, 0.1) is 11.6 Å². The number of rotatable bonds is 2. The molecular weight excluding hydrogens is 256 g/mol. The maximum atomic E-state index is 13.1. The topological polar surface area (TPSA) is 60.2 Å². The van der Waals surface area contributed by atoms with Crippen LogP contribution in [0.25, 0.3) is 11.4 Å². The van der Waals surface area contributed by atoms with Crippen molar-refractivity contribution in [3.8, 4) is 11.4 Å². The quantitative estimate of drug-likeness (QED) is 0.897. The van der Waals surface area contributed by atoms with E-state index < -0.39 is 11.6 Å². The monoisotopic (exact) mass is 267 g/mol. The van der Waals surface area contributed by atoms with Crippen molar-refractivity contribution in [2.75, 3.05) is 19.7 Å². The largest absolute Gasteiger partial charge is 0.366 e. The van der Waals surface area contributed by atoms with Gasteiger partial charge < -0.3 is 14.6 Å². The van der Waals surface area contributed by atoms with Gasteiger partial charge in [-0.2, -0.15) is 4.98 Å². The van der Waals surface area contributed by atoms with E-state index in [4.69, 9.17) is 9.26 Å². The maximum Gasteiger partial charge on any atom is 0.257 e. The minimum atomic E-state index is -0.945. The first-order chi connectivity index (χ1) is 9.24. The van der Waals surface area contributed by atoms with Gasteiger partial charge in [-0.25, -0.2) is 8.78 Å². The molecule has 7 heteroatoms. The number of halogens is 2. The Hall–Kier alpha value is -1.86. The Bertz CT molecular complexity index is 582. The number of morpholine rings is 1. The summed E-state index contributed by atoms with van der Waals surface area (Å²) in [7, 11) is 0. The van der Waals surface area contributed by atoms with Gasteiger partial charge in [-0.3, -0.25) is 0 Å². The van der Waals surface area contributed by atoms with Crippen molar-refractivity contribution in [2.45, 2.75) is 6.10 Å². The minimum absolute atomic E-state index is 0.211. The molecule has 1 atom stereocenters. The van der Waals surface area contributed by atoms with Crippen LogP contribution < -0.4 is 5.32 Å². The molecule has 3 rings (SSSR count). The van der Waals surface area contributed by atoms with Crippen LogP contribution in [0.3, 0.4) is 0 Å². The number of ether oxygens (including phenoxy) is 1. The molecule has 100 valence electrons. The van der Waals surface area contributed by atoms with Crippen molar-refractivity contribution in [3.05, 3.63) is 35.7 Å². The summed E-state index contributed by atoms with van der Waals surface area (Å²) in [6, 6.07) is 3.45. The van der Waals surface area contributed by atoms with Crippen molar-refractivity contribution in [2.24, 2.45) is 0 Å². The Balaban J connectivity index is 1.85. The van der Waals surface area contributed by atoms with Gasteiger partial charge in [0.05, 0.1) is 6.61 Å². The molecule has 0 spiro atoms. The van der Waals surface area contributed by atoms with E-state index >= 15 is 0 Å². The summed E-state index contributed by atoms with van der Waals surface area (Å²) in [6.45, 7) is 1.92. The van der Waals surface area contributed by atoms with Gasteiger partial charge in [-0.1, -0.05) is 5.16 Å². The summed E-state index contributed by atoms with van der Waals surface area (Å²) in [4.78, 5) is 4.14. The standard InChI is InChI=1S/C12H11F2N3O2/c13-8-2-1-7(5-9(8)14)11-16-12(19-17-11)10-6-15-3-4-18-10/h1-2,5,10,15H,3-4,6H2/t10-/m1/s1. The van der Waals surface area contributed by atoms with Crippen LogP contribution in [0.1, 0.15) is 12.0 Å². The van der Waals surface area contributed by atoms with Gasteiger partial charge in [0.2, 0.25) is 5.82 Å². The van der Waals surface area contributed by atoms with Crippen molar-refractivity contribution < 1.29 is 18.0 Å². The van der Waals surface area contributed by atoms with Crippen LogP contribution >= 0.6 is 0 Å². The zero-order chi connectivity index (χ0) is 13.2. The highest BCUT2D eigenvalue weighted by Gasteiger charge is 2.22. The lowest BCUT2D eigenvalue weighted by molar-refractivity contribution is 0.00755. The zero-order valence-corrected chi connectivity index (χ0v) is 9.90. The first-order valence-electron chi connectivity index (χ1n) is 5.85. The van der Waals surface area contributed by atoms with Crippen molar-refractivity contribution in [1.29, 1.82) is 0 Å². The van der Waals surface area contributed by atoms with E-state index in [1.165, 1.54) is 6.07 Å². The molecule has 19 heavy (non-hydrogen) atoms. The second kappa shape index (κ2) is 5.02. The lowest BCUT2D eigenvalue weighted by atomic mass is 10.2. The van der Waals surface area contributed by atoms with E-state index in [9.17, 15) is 8.78 Å². The molecule has 2 aromatic rings. The normalized spacial score (nSPS) is 19.6. The highest BCUT2D eigenvalue weighted by molar-refractivity contribution is 5.54. The molecule has 0 aliphatic carbocycles. The molecule has 2 heterocycles. The van der Waals surface area contributed by atoms with Crippen LogP contribution in [0.15, 0.2) is 22.7 Å². The summed E-state index contributed by atoms with van der Waals surface area (Å²) in [6.07, 6.45) is -0.305. The lowest BCUT2D eigenvalue weighted by Crippen LogP contribution is -2.33. The summed E-state index contributed by atoms with van der Waals surface area (Å²) < 4.78 is 36.5. The predicted octanol–water partition coefficient (Wildman–Crippen LogP) is 1.68. The molecule has 0 saturated carbocycles. The van der Waals surface area contributed by atoms with Crippen molar-refractivity contribution in [3.63, 3.8) is 0 Å². The number of nitrogens with zero attached hydrogens (tertiary/aromatic N) is 2. The average Bonchev–Trinajstić information content (AvgIpc) is 2.93. The van der Waals surface area contributed by atoms with Gasteiger partial charge in [0.25, 0.3) is 5.89 Å². The van der Waals surface area contributed by atoms with Crippen LogP contribution in [0.5, 0.6) is 0 Å². The van der Waals surface area contributed by atoms with Gasteiger partial charge in [-0.15, -0.1) is 0 Å². The molecule has 1 aromatic heterocycles. The Morgan fingerprint density at radius 3 is 2.89 bits per heavy atom. The highest BCUT2D eigenvalue weighted by Crippen LogP contribution is 2.22. The average molecular weight is 267 g/mol. The molecule has 1 fully saturated rings. The first-order valence-corrected chi connectivity index (χ1v) is 5.85. The number of nitrogens with one attached hydrogen (secondary N) is 1. The van der Waals surface area contributed by atoms with Gasteiger partial charge >= 0.3 is 0 Å². The molecule has 0 bridgehead atoms. The van der Waals surface area contributed by atoms with Gasteiger partial charge in [0.15, 0.2) is 11.6 Å². The molecule has 1 N–H and O–H groups in total. The molecular formula is C12H11F2N3O2. The van der Waals surface area contributed by atoms with Gasteiger partial charge in [0.1, 0.15) is 6.10 Å². The fourth-order valence-corrected chi connectivity index (χ4v) is 1.84. The maximum absolute atomic E-state index is 13.1. The van der Waals surface area contributed by atoms with E-state index in [0.29, 0.717) is 24.6 Å². The Kier molecular flexibility index (Phi) is 3.22. The van der Waals surface area contributed by atoms with E-state index in [1.807, 2.05) is 0 Å². The first kappa shape index (κ1) is 12.2. The molecule has 1 aliphatic heterocycles. The van der Waals surface area contributed by atoms with Crippen molar-refractivity contribution in [1.82, 2.24) is 15.5 Å². The third-order valence-corrected chi connectivity index (χ3v) is 2.82. The molecule has 0 unspecified atom stereocenters. The summed E-state index contributed by atoms with van der Waals surface area (Å²) in [5.74, 6) is -1.32. The molecule has 1 aromatic carbocycles. The summed E-state index contributed by atoms with van der Waals surface area (Å²) in [5.41, 5.74) is 0.359. The smallest absolute Gasteiger partial charge is 0.257 e. The third-order valence-electron chi connectivity index (χ3n) is 2.82. The van der Waals surface area contributed by atoms with Crippen molar-refractivity contribution >= 4 is 0 Å². The van der Waals surface area contributed by atoms with Crippen LogP contribution in [0.4, 0.5) is 8.78 Å². The zero-order valence-electron chi connectivity index (χ0n) is 9.90. The summed E-state index contributed by atoms with van der Waals surface area (Å²) in [5, 5.41) is 6.89. The highest BCUT2D eigenvalue weighted by atomic mass is 19.2. The van der Waals surface area contributed by atoms with E-state index in [0.717, 1.165) is 18.7 Å². The van der Waals surface area contributed by atoms with E-state index in [2.05, 4.69) is 15.5 Å². The van der Waals surface area contributed by atoms with E-state index in [1.54, 1.807) is 0 Å². The van der Waals surface area contributed by atoms with Crippen LogP contribution in [0.2, 0.25) is 0 Å². The number of benzene rings is 1. The molecule has 1 aliphatic rings. The lowest BCUT2D eigenvalue weighted by Gasteiger charge is -2.19. The molecule has 0 radical (unpaired) electrons. The predicted molar refractivity (Wildman–Crippen MR) is 61.2 cm³/mol. The second-order valence-electron chi connectivity index (χ2n) is 4.15. The summed E-state index contributed by atoms with van der Waals surface area (Å²) >= 11 is 0. The Morgan fingerprint density at radius 2 is 2.16 bits per heavy atom. The third kappa shape index (κ3) is 2.47. The number of hydrogen-bond acceptors (Lipinski definition) is 5. The van der Waals surface area contributed by atoms with Gasteiger partial charge in [-0.05, 0) is 18.2 Å². The Labute approximate surface area is 107 Å². The van der Waals surface area contributed by atoms with Crippen LogP contribution in [-0.2, 0) is 4.74 Å². The minimum Gasteiger partial charge on any atom is -0.366 e. The fraction of sp³-hybridized carbons (Fsp3) is 0.333. The number of aromatic nitrogens is 2. The Morgan fingerprint density at radius 1 is 1.26 bits per heavy atom. The fourth-order valence-electron chi connectivity index (χ4n) is 1.84.